The quantitative estimate of drug-likeness (QED) is 0.0239. The van der Waals surface area contributed by atoms with Crippen molar-refractivity contribution in [3.05, 3.63) is 283 Å². The maximum atomic E-state index is 6.24. The van der Waals surface area contributed by atoms with Crippen LogP contribution in [0.5, 0.6) is 0 Å². The third-order valence-electron chi connectivity index (χ3n) is 20.0. The number of benzene rings is 8. The summed E-state index contributed by atoms with van der Waals surface area (Å²) in [5, 5.41) is 47.2. The molecule has 8 aromatic heterocycles. The number of anilines is 20. The summed E-state index contributed by atoms with van der Waals surface area (Å²) in [6.45, 7) is 11.2. The Bertz CT molecular complexity index is 6520. The predicted octanol–water partition coefficient (Wildman–Crippen LogP) is 16.2. The second-order valence-electron chi connectivity index (χ2n) is 29.1. The van der Waals surface area contributed by atoms with Gasteiger partial charge in [0.25, 0.3) is 0 Å². The second kappa shape index (κ2) is 43.8. The zero-order chi connectivity index (χ0) is 91.2. The highest BCUT2D eigenvalue weighted by Gasteiger charge is 2.21. The maximum absolute atomic E-state index is 6.24. The lowest BCUT2D eigenvalue weighted by Gasteiger charge is -2.28. The first kappa shape index (κ1) is 90.9. The van der Waals surface area contributed by atoms with Gasteiger partial charge in [-0.1, -0.05) is 112 Å². The molecule has 45 heteroatoms. The number of aromatic nitrogens is 20. The van der Waals surface area contributed by atoms with Crippen LogP contribution in [0.1, 0.15) is 16.7 Å². The molecule has 0 bridgehead atoms. The first-order valence-electron chi connectivity index (χ1n) is 41.0. The molecule has 3 aliphatic heterocycles. The zero-order valence-corrected chi connectivity index (χ0v) is 75.3. The van der Waals surface area contributed by atoms with Gasteiger partial charge in [-0.05, 0) is 168 Å². The first-order chi connectivity index (χ1) is 64.3. The van der Waals surface area contributed by atoms with E-state index in [1.54, 1.807) is 72.8 Å². The lowest BCUT2D eigenvalue weighted by atomic mass is 10.2. The summed E-state index contributed by atoms with van der Waals surface area (Å²) in [6.07, 6.45) is 5.73. The predicted molar refractivity (Wildman–Crippen MR) is 520 cm³/mol. The fraction of sp³-hybridized carbons (Fsp3) is 0.172. The molecule has 3 saturated heterocycles. The first-order valence-corrected chi connectivity index (χ1v) is 43.6. The Kier molecular flexibility index (Phi) is 30.1. The molecule has 38 nitrogen and oxygen atoms in total. The van der Waals surface area contributed by atoms with Gasteiger partial charge in [-0.2, -0.15) is 38.7 Å². The van der Waals surface area contributed by atoms with Gasteiger partial charge in [0.05, 0.1) is 49.7 Å². The highest BCUT2D eigenvalue weighted by Crippen LogP contribution is 2.32. The van der Waals surface area contributed by atoms with Gasteiger partial charge in [0.15, 0.2) is 23.3 Å². The number of hydrogen-bond acceptors (Lipinski definition) is 34. The Morgan fingerprint density at radius 2 is 0.636 bits per heavy atom. The van der Waals surface area contributed by atoms with Crippen molar-refractivity contribution in [2.24, 2.45) is 0 Å². The van der Waals surface area contributed by atoms with E-state index in [1.807, 2.05) is 97.1 Å². The molecule has 0 atom stereocenters. The average Bonchev–Trinajstić information content (AvgIpc) is 1.69. The van der Waals surface area contributed by atoms with Crippen LogP contribution in [0, 0.1) is 0 Å². The van der Waals surface area contributed by atoms with Crippen molar-refractivity contribution >= 4 is 198 Å². The lowest BCUT2D eigenvalue weighted by Crippen LogP contribution is -2.36. The van der Waals surface area contributed by atoms with Gasteiger partial charge in [-0.15, -0.1) is 20.4 Å². The van der Waals surface area contributed by atoms with E-state index in [-0.39, 0.29) is 23.8 Å². The largest absolute Gasteiger partial charge is 0.378 e. The number of ether oxygens (including phenoxy) is 3. The number of nitrogens with two attached hydrogens (primary N) is 4. The second-order valence-corrected chi connectivity index (χ2v) is 32.1. The highest BCUT2D eigenvalue weighted by atomic mass is 35.5. The summed E-state index contributed by atoms with van der Waals surface area (Å²) in [6, 6.07) is 64.3. The van der Waals surface area contributed by atoms with E-state index >= 15 is 0 Å². The van der Waals surface area contributed by atoms with Crippen LogP contribution in [-0.2, 0) is 33.8 Å². The van der Waals surface area contributed by atoms with Gasteiger partial charge in [-0.25, -0.2) is 39.9 Å². The molecule has 19 rings (SSSR count). The standard InChI is InChI=1S/3C23H23Cl2N9O.C18H15ClN8/c24-16-1-6-19(25)15(11-16)13-27-20-12-21(29-14-28-20)34-22(26)31-23(32-34)30-17-2-4-18(5-3-17)33-7-9-35-10-8-33;24-18-6-1-15(11-19(18)25)13-27-20-12-21(29-14-28-20)34-22(26)31-23(32-34)30-16-2-4-17(5-3-16)33-7-9-35-10-8-33;24-16-9-15(10-17(25)11-16)13-27-20-12-21(29-14-28-20)34-22(26)31-23(32-34)30-18-1-3-19(4-2-18)33-5-7-35-8-6-33;19-12-5-4-8-14(9-12)24-18-25-17(20)27(26-18)16-10-15(21-11-22-16)23-13-6-2-1-3-7-13/h2*1-6,11-12,14H,7-10,13H2,(H,27,28,29)(H3,26,30,31,32);1-4,9-12,14H,5-8,13H2,(H,27,28,29)(H3,26,30,31,32);1-11H,(H,21,22,23)(H3,20,24,25,26). The van der Waals surface area contributed by atoms with E-state index in [2.05, 4.69) is 174 Å². The van der Waals surface area contributed by atoms with E-state index < -0.39 is 0 Å². The van der Waals surface area contributed by atoms with Crippen LogP contribution in [-0.4, -0.2) is 178 Å². The minimum Gasteiger partial charge on any atom is -0.378 e. The number of hydrogen-bond donors (Lipinski definition) is 12. The van der Waals surface area contributed by atoms with Crippen molar-refractivity contribution in [2.45, 2.75) is 19.6 Å². The zero-order valence-electron chi connectivity index (χ0n) is 70.0. The van der Waals surface area contributed by atoms with Crippen LogP contribution in [0.2, 0.25) is 35.2 Å². The van der Waals surface area contributed by atoms with E-state index in [4.69, 9.17) is 118 Å². The average molecular weight is 1920 g/mol. The molecule has 0 unspecified atom stereocenters. The SMILES string of the molecule is Nc1nc(Nc2ccc(N3CCOCC3)cc2)nn1-c1cc(NCc2cc(Cl)cc(Cl)c2)ncn1.Nc1nc(Nc2ccc(N3CCOCC3)cc2)nn1-c1cc(NCc2cc(Cl)ccc2Cl)ncn1.Nc1nc(Nc2ccc(N3CCOCC3)cc2)nn1-c1cc(NCc2ccc(Cl)c(Cl)c2)ncn1.Nc1nc(Nc2cccc(Cl)c2)nn1-c1cc(Nc2ccccc2)ncn1. The summed E-state index contributed by atoms with van der Waals surface area (Å²) in [7, 11) is 0. The van der Waals surface area contributed by atoms with Crippen molar-refractivity contribution in [1.82, 2.24) is 98.9 Å². The molecule has 0 radical (unpaired) electrons. The molecule has 0 aliphatic carbocycles. The van der Waals surface area contributed by atoms with Crippen molar-refractivity contribution in [3.8, 4) is 23.3 Å². The summed E-state index contributed by atoms with van der Waals surface area (Å²) in [4.78, 5) is 58.1. The molecule has 16 N–H and O–H groups in total. The lowest BCUT2D eigenvalue weighted by molar-refractivity contribution is 0.122. The van der Waals surface area contributed by atoms with Crippen LogP contribution in [0.3, 0.4) is 0 Å². The molecule has 674 valence electrons. The van der Waals surface area contributed by atoms with Gasteiger partial charge in [0.1, 0.15) is 48.6 Å². The minimum atomic E-state index is 0.194. The van der Waals surface area contributed by atoms with Crippen LogP contribution in [0.4, 0.5) is 116 Å². The molecule has 132 heavy (non-hydrogen) atoms. The van der Waals surface area contributed by atoms with Gasteiger partial charge in [-0.3, -0.25) is 0 Å². The van der Waals surface area contributed by atoms with Crippen molar-refractivity contribution < 1.29 is 14.2 Å². The number of nitrogen functional groups attached to an aromatic ring is 4. The topological polar surface area (TPSA) is 464 Å². The molecule has 8 aromatic carbocycles. The number of rotatable bonds is 26. The number of morpholine rings is 3. The molecule has 11 heterocycles. The fourth-order valence-corrected chi connectivity index (χ4v) is 14.9. The summed E-state index contributed by atoms with van der Waals surface area (Å²) in [5.41, 5.74) is 34.8. The summed E-state index contributed by atoms with van der Waals surface area (Å²) in [5.74, 6) is 6.54. The number of nitrogens with one attached hydrogen (secondary N) is 8. The van der Waals surface area contributed by atoms with Gasteiger partial charge in [0, 0.05) is 154 Å². The van der Waals surface area contributed by atoms with Crippen LogP contribution < -0.4 is 80.2 Å². The third-order valence-corrected chi connectivity index (χ3v) is 22.0. The Labute approximate surface area is 790 Å². The molecular weight excluding hydrogens is 1830 g/mol. The number of halogens is 7. The smallest absolute Gasteiger partial charge is 0.248 e. The molecule has 3 fully saturated rings. The minimum absolute atomic E-state index is 0.194. The molecular formula is C87H84Cl7N35O3. The fourth-order valence-electron chi connectivity index (χ4n) is 13.5. The van der Waals surface area contributed by atoms with Gasteiger partial charge < -0.3 is 94.4 Å². The van der Waals surface area contributed by atoms with E-state index in [0.717, 1.165) is 141 Å². The Balaban J connectivity index is 0.000000129. The highest BCUT2D eigenvalue weighted by molar-refractivity contribution is 6.42. The van der Waals surface area contributed by atoms with E-state index in [0.29, 0.717) is 125 Å². The number of para-hydroxylation sites is 1. The van der Waals surface area contributed by atoms with Crippen LogP contribution in [0.25, 0.3) is 23.3 Å². The van der Waals surface area contributed by atoms with Gasteiger partial charge in [0.2, 0.25) is 47.6 Å². The van der Waals surface area contributed by atoms with Crippen molar-refractivity contribution in [2.75, 3.05) is 159 Å². The Morgan fingerprint density at radius 1 is 0.280 bits per heavy atom. The molecule has 0 saturated carbocycles. The van der Waals surface area contributed by atoms with Crippen LogP contribution >= 0.6 is 81.2 Å². The number of nitrogens with zero attached hydrogens (tertiary/aromatic N) is 23. The monoisotopic (exact) mass is 1910 g/mol. The van der Waals surface area contributed by atoms with E-state index in [9.17, 15) is 0 Å². The van der Waals surface area contributed by atoms with Gasteiger partial charge >= 0.3 is 0 Å². The van der Waals surface area contributed by atoms with Crippen molar-refractivity contribution in [3.63, 3.8) is 0 Å². The summed E-state index contributed by atoms with van der Waals surface area (Å²) >= 11 is 42.5. The Hall–Kier alpha value is -14.5. The molecule has 3 aliphatic rings. The normalized spacial score (nSPS) is 13.0. The summed E-state index contributed by atoms with van der Waals surface area (Å²) < 4.78 is 22.0. The van der Waals surface area contributed by atoms with Crippen molar-refractivity contribution in [1.29, 1.82) is 0 Å². The molecule has 16 aromatic rings. The van der Waals surface area contributed by atoms with Crippen LogP contribution in [0.15, 0.2) is 232 Å². The van der Waals surface area contributed by atoms with E-state index in [1.165, 1.54) is 44.0 Å². The third kappa shape index (κ3) is 24.9. The Morgan fingerprint density at radius 3 is 1.05 bits per heavy atom. The maximum Gasteiger partial charge on any atom is 0.248 e. The molecule has 0 amide bonds. The molecule has 0 spiro atoms.